The first kappa shape index (κ1) is 17.2. The maximum Gasteiger partial charge on any atom is 0.223 e. The van der Waals surface area contributed by atoms with Gasteiger partial charge in [-0.25, -0.2) is 0 Å². The van der Waals surface area contributed by atoms with Gasteiger partial charge >= 0.3 is 0 Å². The number of rotatable bonds is 6. The molecule has 1 fully saturated rings. The van der Waals surface area contributed by atoms with Crippen LogP contribution in [-0.4, -0.2) is 11.8 Å². The molecule has 6 heteroatoms. The molecular formula is C18H22N2O2S2. The molecule has 1 saturated carbocycles. The Kier molecular flexibility index (Phi) is 6.04. The molecule has 2 atom stereocenters. The molecule has 0 radical (unpaired) electrons. The summed E-state index contributed by atoms with van der Waals surface area (Å²) in [5.41, 5.74) is 0. The molecule has 2 N–H and O–H groups in total. The molecule has 0 aliphatic heterocycles. The quantitative estimate of drug-likeness (QED) is 0.826. The second-order valence-electron chi connectivity index (χ2n) is 6.15. The van der Waals surface area contributed by atoms with E-state index in [1.807, 2.05) is 35.0 Å². The van der Waals surface area contributed by atoms with Crippen molar-refractivity contribution in [3.05, 3.63) is 44.8 Å². The van der Waals surface area contributed by atoms with Crippen LogP contribution in [0.1, 0.15) is 35.4 Å². The van der Waals surface area contributed by atoms with Crippen molar-refractivity contribution in [1.29, 1.82) is 0 Å². The van der Waals surface area contributed by atoms with E-state index in [0.29, 0.717) is 19.5 Å². The first-order chi connectivity index (χ1) is 11.7. The van der Waals surface area contributed by atoms with Crippen molar-refractivity contribution >= 4 is 34.5 Å². The number of nitrogens with one attached hydrogen (secondary N) is 2. The first-order valence-corrected chi connectivity index (χ1v) is 10.1. The van der Waals surface area contributed by atoms with E-state index in [0.717, 1.165) is 29.0 Å². The van der Waals surface area contributed by atoms with Crippen LogP contribution >= 0.6 is 22.7 Å². The predicted molar refractivity (Wildman–Crippen MR) is 97.8 cm³/mol. The summed E-state index contributed by atoms with van der Waals surface area (Å²) in [4.78, 5) is 27.1. The highest BCUT2D eigenvalue weighted by Crippen LogP contribution is 2.29. The van der Waals surface area contributed by atoms with Gasteiger partial charge in [-0.05, 0) is 42.2 Å². The van der Waals surface area contributed by atoms with Crippen LogP contribution in [0.3, 0.4) is 0 Å². The molecule has 2 amide bonds. The van der Waals surface area contributed by atoms with Crippen LogP contribution in [-0.2, 0) is 22.7 Å². The van der Waals surface area contributed by atoms with E-state index in [2.05, 4.69) is 10.6 Å². The normalized spacial score (nSPS) is 20.5. The SMILES string of the molecule is O=C(NCc1cccs1)C1CCCC(C(=O)NCc2cccs2)C1. The van der Waals surface area contributed by atoms with E-state index in [9.17, 15) is 9.59 Å². The highest BCUT2D eigenvalue weighted by Gasteiger charge is 2.30. The van der Waals surface area contributed by atoms with E-state index in [4.69, 9.17) is 0 Å². The number of hydrogen-bond acceptors (Lipinski definition) is 4. The molecule has 2 aromatic rings. The molecule has 0 bridgehead atoms. The van der Waals surface area contributed by atoms with Crippen molar-refractivity contribution in [3.63, 3.8) is 0 Å². The molecule has 1 aliphatic carbocycles. The van der Waals surface area contributed by atoms with Gasteiger partial charge in [0.05, 0.1) is 13.1 Å². The van der Waals surface area contributed by atoms with Gasteiger partial charge in [0.1, 0.15) is 0 Å². The highest BCUT2D eigenvalue weighted by atomic mass is 32.1. The van der Waals surface area contributed by atoms with Crippen LogP contribution in [0.15, 0.2) is 35.0 Å². The van der Waals surface area contributed by atoms with E-state index in [1.54, 1.807) is 22.7 Å². The fraction of sp³-hybridized carbons (Fsp3) is 0.444. The lowest BCUT2D eigenvalue weighted by Gasteiger charge is -2.27. The van der Waals surface area contributed by atoms with Gasteiger partial charge in [-0.1, -0.05) is 18.6 Å². The van der Waals surface area contributed by atoms with Gasteiger partial charge in [-0.15, -0.1) is 22.7 Å². The van der Waals surface area contributed by atoms with E-state index >= 15 is 0 Å². The smallest absolute Gasteiger partial charge is 0.223 e. The third kappa shape index (κ3) is 4.68. The maximum absolute atomic E-state index is 12.4. The highest BCUT2D eigenvalue weighted by molar-refractivity contribution is 7.10. The lowest BCUT2D eigenvalue weighted by atomic mass is 9.80. The van der Waals surface area contributed by atoms with Crippen LogP contribution in [0.25, 0.3) is 0 Å². The van der Waals surface area contributed by atoms with Gasteiger partial charge < -0.3 is 10.6 Å². The van der Waals surface area contributed by atoms with Crippen molar-refractivity contribution in [1.82, 2.24) is 10.6 Å². The molecule has 2 unspecified atom stereocenters. The van der Waals surface area contributed by atoms with Crippen LogP contribution in [0.5, 0.6) is 0 Å². The third-order valence-electron chi connectivity index (χ3n) is 4.45. The molecular weight excluding hydrogens is 340 g/mol. The van der Waals surface area contributed by atoms with Crippen LogP contribution in [0, 0.1) is 11.8 Å². The van der Waals surface area contributed by atoms with Gasteiger partial charge in [-0.2, -0.15) is 0 Å². The van der Waals surface area contributed by atoms with Crippen LogP contribution < -0.4 is 10.6 Å². The molecule has 1 aliphatic rings. The average Bonchev–Trinajstić information content (AvgIpc) is 3.31. The zero-order valence-electron chi connectivity index (χ0n) is 13.5. The summed E-state index contributed by atoms with van der Waals surface area (Å²) >= 11 is 3.29. The van der Waals surface area contributed by atoms with Crippen molar-refractivity contribution in [3.8, 4) is 0 Å². The maximum atomic E-state index is 12.4. The van der Waals surface area contributed by atoms with Crippen LogP contribution in [0.4, 0.5) is 0 Å². The Morgan fingerprint density at radius 1 is 0.917 bits per heavy atom. The minimum absolute atomic E-state index is 0.0452. The summed E-state index contributed by atoms with van der Waals surface area (Å²) in [5, 5.41) is 10.0. The number of amides is 2. The molecule has 0 spiro atoms. The minimum atomic E-state index is -0.0452. The van der Waals surface area contributed by atoms with Gasteiger partial charge in [-0.3, -0.25) is 9.59 Å². The number of carbonyl (C=O) groups is 2. The standard InChI is InChI=1S/C18H22N2O2S2/c21-17(19-11-15-6-2-8-23-15)13-4-1-5-14(10-13)18(22)20-12-16-7-3-9-24-16/h2-3,6-9,13-14H,1,4-5,10-12H2,(H,19,21)(H,20,22). The number of thiophene rings is 2. The average molecular weight is 363 g/mol. The predicted octanol–water partition coefficient (Wildman–Crippen LogP) is 3.55. The summed E-state index contributed by atoms with van der Waals surface area (Å²) in [6.07, 6.45) is 3.36. The lowest BCUT2D eigenvalue weighted by Crippen LogP contribution is -2.38. The summed E-state index contributed by atoms with van der Waals surface area (Å²) in [7, 11) is 0. The third-order valence-corrected chi connectivity index (χ3v) is 6.20. The van der Waals surface area contributed by atoms with Gasteiger partial charge in [0, 0.05) is 21.6 Å². The minimum Gasteiger partial charge on any atom is -0.351 e. The Bertz CT molecular complexity index is 596. The first-order valence-electron chi connectivity index (χ1n) is 8.32. The molecule has 0 saturated heterocycles. The van der Waals surface area contributed by atoms with Gasteiger partial charge in [0.2, 0.25) is 11.8 Å². The molecule has 128 valence electrons. The van der Waals surface area contributed by atoms with Crippen LogP contribution in [0.2, 0.25) is 0 Å². The number of carbonyl (C=O) groups excluding carboxylic acids is 2. The molecule has 2 aromatic heterocycles. The summed E-state index contributed by atoms with van der Waals surface area (Å²) in [6, 6.07) is 8.01. The summed E-state index contributed by atoms with van der Waals surface area (Å²) < 4.78 is 0. The molecule has 24 heavy (non-hydrogen) atoms. The Morgan fingerprint density at radius 3 is 1.83 bits per heavy atom. The Balaban J connectivity index is 1.46. The summed E-state index contributed by atoms with van der Waals surface area (Å²) in [6.45, 7) is 1.17. The molecule has 3 rings (SSSR count). The molecule has 2 heterocycles. The molecule has 4 nitrogen and oxygen atoms in total. The van der Waals surface area contributed by atoms with E-state index < -0.39 is 0 Å². The topological polar surface area (TPSA) is 58.2 Å². The van der Waals surface area contributed by atoms with Crippen molar-refractivity contribution < 1.29 is 9.59 Å². The van der Waals surface area contributed by atoms with Gasteiger partial charge in [0.25, 0.3) is 0 Å². The Morgan fingerprint density at radius 2 is 1.42 bits per heavy atom. The Labute approximate surface area is 150 Å². The zero-order chi connectivity index (χ0) is 16.8. The van der Waals surface area contributed by atoms with E-state index in [-0.39, 0.29) is 23.7 Å². The monoisotopic (exact) mass is 362 g/mol. The van der Waals surface area contributed by atoms with Gasteiger partial charge in [0.15, 0.2) is 0 Å². The Hall–Kier alpha value is -1.66. The zero-order valence-corrected chi connectivity index (χ0v) is 15.1. The second kappa shape index (κ2) is 8.44. The second-order valence-corrected chi connectivity index (χ2v) is 8.22. The summed E-state index contributed by atoms with van der Waals surface area (Å²) in [5.74, 6) is 0.0747. The largest absolute Gasteiger partial charge is 0.351 e. The molecule has 0 aromatic carbocycles. The van der Waals surface area contributed by atoms with Crippen molar-refractivity contribution in [2.24, 2.45) is 11.8 Å². The fourth-order valence-electron chi connectivity index (χ4n) is 3.13. The van der Waals surface area contributed by atoms with E-state index in [1.165, 1.54) is 0 Å². The fourth-order valence-corrected chi connectivity index (χ4v) is 4.42. The van der Waals surface area contributed by atoms with Crippen molar-refractivity contribution in [2.45, 2.75) is 38.8 Å². The lowest BCUT2D eigenvalue weighted by molar-refractivity contribution is -0.130. The number of hydrogen-bond donors (Lipinski definition) is 2. The van der Waals surface area contributed by atoms with Crippen molar-refractivity contribution in [2.75, 3.05) is 0 Å².